The first-order valence-corrected chi connectivity index (χ1v) is 9.99. The van der Waals surface area contributed by atoms with E-state index < -0.39 is 0 Å². The van der Waals surface area contributed by atoms with Gasteiger partial charge in [-0.25, -0.2) is 4.79 Å². The van der Waals surface area contributed by atoms with E-state index in [1.54, 1.807) is 4.68 Å². The molecule has 0 bridgehead atoms. The fraction of sp³-hybridized carbons (Fsp3) is 0.304. The van der Waals surface area contributed by atoms with Crippen LogP contribution in [0.1, 0.15) is 11.1 Å². The van der Waals surface area contributed by atoms with Crippen LogP contribution in [0.3, 0.4) is 0 Å². The molecule has 0 atom stereocenters. The zero-order valence-electron chi connectivity index (χ0n) is 17.6. The van der Waals surface area contributed by atoms with Gasteiger partial charge in [0.1, 0.15) is 0 Å². The predicted octanol–water partition coefficient (Wildman–Crippen LogP) is 4.48. The average Bonchev–Trinajstić information content (AvgIpc) is 3.11. The van der Waals surface area contributed by atoms with Gasteiger partial charge in [0.05, 0.1) is 5.69 Å². The lowest BCUT2D eigenvalue weighted by atomic mass is 10.1. The van der Waals surface area contributed by atoms with Crippen LogP contribution in [0.2, 0.25) is 0 Å². The second-order valence-corrected chi connectivity index (χ2v) is 7.53. The van der Waals surface area contributed by atoms with Crippen LogP contribution in [0.4, 0.5) is 16.3 Å². The fourth-order valence-electron chi connectivity index (χ4n) is 3.82. The van der Waals surface area contributed by atoms with E-state index in [0.29, 0.717) is 18.9 Å². The number of piperazine rings is 1. The average molecular weight is 426 g/mol. The number of aromatic nitrogens is 2. The Balaban J connectivity index is 0.00000256. The van der Waals surface area contributed by atoms with E-state index in [0.717, 1.165) is 24.3 Å². The molecule has 1 fully saturated rings. The summed E-state index contributed by atoms with van der Waals surface area (Å²) in [6.45, 7) is 7.34. The zero-order valence-corrected chi connectivity index (χ0v) is 18.4. The van der Waals surface area contributed by atoms with Crippen molar-refractivity contribution in [2.24, 2.45) is 7.05 Å². The van der Waals surface area contributed by atoms with Crippen LogP contribution in [-0.2, 0) is 7.05 Å². The molecule has 1 saturated heterocycles. The van der Waals surface area contributed by atoms with Crippen molar-refractivity contribution in [2.75, 3.05) is 36.4 Å². The zero-order chi connectivity index (χ0) is 20.4. The highest BCUT2D eigenvalue weighted by atomic mass is 35.5. The molecule has 0 radical (unpaired) electrons. The number of rotatable bonds is 3. The van der Waals surface area contributed by atoms with Gasteiger partial charge in [0.15, 0.2) is 5.82 Å². The Morgan fingerprint density at radius 2 is 1.67 bits per heavy atom. The number of halogens is 1. The molecule has 1 aliphatic heterocycles. The molecule has 0 saturated carbocycles. The maximum Gasteiger partial charge on any atom is 0.323 e. The van der Waals surface area contributed by atoms with E-state index in [4.69, 9.17) is 0 Å². The topological polar surface area (TPSA) is 53.4 Å². The number of hydrogen-bond acceptors (Lipinski definition) is 3. The van der Waals surface area contributed by atoms with Crippen LogP contribution in [0.15, 0.2) is 54.6 Å². The summed E-state index contributed by atoms with van der Waals surface area (Å²) in [5.41, 5.74) is 5.92. The maximum atomic E-state index is 12.7. The molecule has 7 heteroatoms. The van der Waals surface area contributed by atoms with E-state index in [1.807, 2.05) is 48.3 Å². The summed E-state index contributed by atoms with van der Waals surface area (Å²) in [4.78, 5) is 17.0. The van der Waals surface area contributed by atoms with Crippen LogP contribution in [0.5, 0.6) is 0 Å². The molecule has 1 aliphatic rings. The molecule has 0 unspecified atom stereocenters. The fourth-order valence-corrected chi connectivity index (χ4v) is 3.82. The number of aryl methyl sites for hydroxylation is 2. The maximum absolute atomic E-state index is 12.7. The van der Waals surface area contributed by atoms with Gasteiger partial charge in [0, 0.05) is 45.0 Å². The molecule has 0 spiro atoms. The molecule has 2 amide bonds. The van der Waals surface area contributed by atoms with Gasteiger partial charge in [-0.15, -0.1) is 12.4 Å². The first-order chi connectivity index (χ1) is 14.0. The predicted molar refractivity (Wildman–Crippen MR) is 125 cm³/mol. The number of hydrogen-bond donors (Lipinski definition) is 1. The first-order valence-electron chi connectivity index (χ1n) is 9.99. The second-order valence-electron chi connectivity index (χ2n) is 7.53. The summed E-state index contributed by atoms with van der Waals surface area (Å²) in [5.74, 6) is 0.577. The van der Waals surface area contributed by atoms with Crippen LogP contribution < -0.4 is 10.2 Å². The number of anilines is 2. The molecular weight excluding hydrogens is 398 g/mol. The minimum absolute atomic E-state index is 0. The Morgan fingerprint density at radius 1 is 0.967 bits per heavy atom. The lowest BCUT2D eigenvalue weighted by Gasteiger charge is -2.36. The summed E-state index contributed by atoms with van der Waals surface area (Å²) in [5, 5.41) is 7.41. The van der Waals surface area contributed by atoms with E-state index in [2.05, 4.69) is 47.4 Å². The van der Waals surface area contributed by atoms with Crippen molar-refractivity contribution in [3.63, 3.8) is 0 Å². The van der Waals surface area contributed by atoms with Crippen molar-refractivity contribution in [1.29, 1.82) is 0 Å². The Bertz CT molecular complexity index is 1010. The van der Waals surface area contributed by atoms with E-state index in [-0.39, 0.29) is 18.4 Å². The van der Waals surface area contributed by atoms with Gasteiger partial charge in [0.2, 0.25) is 0 Å². The molecule has 1 aromatic heterocycles. The van der Waals surface area contributed by atoms with Gasteiger partial charge in [-0.3, -0.25) is 10.00 Å². The van der Waals surface area contributed by atoms with Crippen molar-refractivity contribution in [3.05, 3.63) is 65.7 Å². The van der Waals surface area contributed by atoms with Gasteiger partial charge in [-0.2, -0.15) is 5.10 Å². The van der Waals surface area contributed by atoms with Crippen molar-refractivity contribution in [3.8, 4) is 11.3 Å². The number of urea groups is 1. The van der Waals surface area contributed by atoms with Crippen LogP contribution in [-0.4, -0.2) is 46.9 Å². The molecule has 6 nitrogen and oxygen atoms in total. The van der Waals surface area contributed by atoms with Gasteiger partial charge < -0.3 is 9.80 Å². The number of benzene rings is 2. The number of amides is 2. The Hall–Kier alpha value is -2.99. The standard InChI is InChI=1S/C23H27N5O.ClH/c1-17-8-7-11-20(18(17)2)27-12-14-28(15-13-27)23(29)24-22-16-21(26(3)25-22)19-9-5-4-6-10-19;/h4-11,16H,12-15H2,1-3H3,(H,24,25,29);1H. The highest BCUT2D eigenvalue weighted by molar-refractivity contribution is 5.89. The monoisotopic (exact) mass is 425 g/mol. The number of carbonyl (C=O) groups excluding carboxylic acids is 1. The molecule has 158 valence electrons. The van der Waals surface area contributed by atoms with Crippen molar-refractivity contribution >= 4 is 29.9 Å². The van der Waals surface area contributed by atoms with Gasteiger partial charge >= 0.3 is 6.03 Å². The van der Waals surface area contributed by atoms with E-state index in [9.17, 15) is 4.79 Å². The van der Waals surface area contributed by atoms with Gasteiger partial charge in [-0.1, -0.05) is 42.5 Å². The minimum atomic E-state index is -0.0941. The third-order valence-electron chi connectivity index (χ3n) is 5.67. The normalized spacial score (nSPS) is 13.7. The molecule has 30 heavy (non-hydrogen) atoms. The number of carbonyl (C=O) groups is 1. The lowest BCUT2D eigenvalue weighted by molar-refractivity contribution is 0.208. The van der Waals surface area contributed by atoms with Crippen molar-refractivity contribution in [1.82, 2.24) is 14.7 Å². The highest BCUT2D eigenvalue weighted by Gasteiger charge is 2.23. The minimum Gasteiger partial charge on any atom is -0.368 e. The summed E-state index contributed by atoms with van der Waals surface area (Å²) in [7, 11) is 1.89. The van der Waals surface area contributed by atoms with Crippen LogP contribution in [0.25, 0.3) is 11.3 Å². The third kappa shape index (κ3) is 4.44. The molecule has 2 heterocycles. The molecule has 1 N–H and O–H groups in total. The Morgan fingerprint density at radius 3 is 2.37 bits per heavy atom. The SMILES string of the molecule is Cc1cccc(N2CCN(C(=O)Nc3cc(-c4ccccc4)n(C)n3)CC2)c1C.Cl. The molecule has 2 aromatic carbocycles. The summed E-state index contributed by atoms with van der Waals surface area (Å²) < 4.78 is 1.80. The lowest BCUT2D eigenvalue weighted by Crippen LogP contribution is -2.50. The first kappa shape index (κ1) is 21.7. The summed E-state index contributed by atoms with van der Waals surface area (Å²) >= 11 is 0. The Kier molecular flexibility index (Phi) is 6.67. The second kappa shape index (κ2) is 9.22. The van der Waals surface area contributed by atoms with E-state index in [1.165, 1.54) is 16.8 Å². The van der Waals surface area contributed by atoms with Crippen LogP contribution in [0, 0.1) is 13.8 Å². The van der Waals surface area contributed by atoms with Crippen molar-refractivity contribution < 1.29 is 4.79 Å². The molecule has 3 aromatic rings. The number of nitrogens with zero attached hydrogens (tertiary/aromatic N) is 4. The van der Waals surface area contributed by atoms with Gasteiger partial charge in [-0.05, 0) is 36.6 Å². The summed E-state index contributed by atoms with van der Waals surface area (Å²) in [6, 6.07) is 18.3. The molecular formula is C23H28ClN5O. The highest BCUT2D eigenvalue weighted by Crippen LogP contribution is 2.25. The van der Waals surface area contributed by atoms with Gasteiger partial charge in [0.25, 0.3) is 0 Å². The summed E-state index contributed by atoms with van der Waals surface area (Å²) in [6.07, 6.45) is 0. The third-order valence-corrected chi connectivity index (χ3v) is 5.67. The molecule has 4 rings (SSSR count). The van der Waals surface area contributed by atoms with E-state index >= 15 is 0 Å². The smallest absolute Gasteiger partial charge is 0.323 e. The number of nitrogens with one attached hydrogen (secondary N) is 1. The van der Waals surface area contributed by atoms with Crippen LogP contribution >= 0.6 is 12.4 Å². The van der Waals surface area contributed by atoms with Crippen molar-refractivity contribution in [2.45, 2.75) is 13.8 Å². The quantitative estimate of drug-likeness (QED) is 0.673. The Labute approximate surface area is 183 Å². The molecule has 0 aliphatic carbocycles. The largest absolute Gasteiger partial charge is 0.368 e.